The lowest BCUT2D eigenvalue weighted by atomic mass is 9.91. The molecule has 1 aliphatic rings. The predicted octanol–water partition coefficient (Wildman–Crippen LogP) is 2.00. The summed E-state index contributed by atoms with van der Waals surface area (Å²) >= 11 is 1.09. The summed E-state index contributed by atoms with van der Waals surface area (Å²) in [7, 11) is 0. The van der Waals surface area contributed by atoms with Crippen LogP contribution in [-0.2, 0) is 14.9 Å². The fourth-order valence-corrected chi connectivity index (χ4v) is 3.28. The Kier molecular flexibility index (Phi) is 4.61. The second-order valence-electron chi connectivity index (χ2n) is 6.11. The average molecular weight is 311 g/mol. The van der Waals surface area contributed by atoms with Gasteiger partial charge in [-0.15, -0.1) is 5.10 Å². The van der Waals surface area contributed by atoms with Gasteiger partial charge < -0.3 is 9.64 Å². The van der Waals surface area contributed by atoms with E-state index < -0.39 is 6.04 Å². The third-order valence-corrected chi connectivity index (χ3v) is 4.18. The van der Waals surface area contributed by atoms with E-state index in [9.17, 15) is 9.59 Å². The van der Waals surface area contributed by atoms with Crippen LogP contribution in [0.2, 0.25) is 0 Å². The van der Waals surface area contributed by atoms with E-state index >= 15 is 0 Å². The number of carbonyl (C=O) groups is 2. The molecule has 0 aliphatic carbocycles. The molecule has 1 aromatic rings. The number of likely N-dealkylation sites (tertiary alicyclic amines) is 1. The Labute approximate surface area is 128 Å². The summed E-state index contributed by atoms with van der Waals surface area (Å²) in [4.78, 5) is 26.8. The van der Waals surface area contributed by atoms with Crippen molar-refractivity contribution in [1.82, 2.24) is 14.5 Å². The van der Waals surface area contributed by atoms with Gasteiger partial charge >= 0.3 is 5.97 Å². The number of esters is 1. The quantitative estimate of drug-likeness (QED) is 0.798. The lowest BCUT2D eigenvalue weighted by Gasteiger charge is -2.24. The van der Waals surface area contributed by atoms with Crippen molar-refractivity contribution in [2.24, 2.45) is 0 Å². The van der Waals surface area contributed by atoms with Crippen LogP contribution < -0.4 is 0 Å². The Hall–Kier alpha value is -1.50. The summed E-state index contributed by atoms with van der Waals surface area (Å²) in [6, 6.07) is -0.479. The van der Waals surface area contributed by atoms with E-state index in [1.165, 1.54) is 0 Å². The van der Waals surface area contributed by atoms with E-state index in [1.54, 1.807) is 11.8 Å². The largest absolute Gasteiger partial charge is 0.464 e. The molecule has 21 heavy (non-hydrogen) atoms. The van der Waals surface area contributed by atoms with Crippen molar-refractivity contribution in [1.29, 1.82) is 0 Å². The third-order valence-electron chi connectivity index (χ3n) is 3.47. The van der Waals surface area contributed by atoms with Crippen LogP contribution >= 0.6 is 11.5 Å². The summed E-state index contributed by atoms with van der Waals surface area (Å²) in [5.74, 6) is -0.483. The molecule has 0 radical (unpaired) electrons. The van der Waals surface area contributed by atoms with Crippen LogP contribution in [0.5, 0.6) is 0 Å². The number of aromatic nitrogens is 2. The minimum absolute atomic E-state index is 0.162. The monoisotopic (exact) mass is 311 g/mol. The second kappa shape index (κ2) is 6.09. The maximum Gasteiger partial charge on any atom is 0.328 e. The number of hydrogen-bond donors (Lipinski definition) is 0. The highest BCUT2D eigenvalue weighted by Gasteiger charge is 2.38. The molecule has 1 unspecified atom stereocenters. The smallest absolute Gasteiger partial charge is 0.328 e. The molecule has 1 aliphatic heterocycles. The average Bonchev–Trinajstić information content (AvgIpc) is 3.06. The molecule has 0 N–H and O–H groups in total. The first-order valence-corrected chi connectivity index (χ1v) is 7.94. The van der Waals surface area contributed by atoms with E-state index in [0.29, 0.717) is 30.1 Å². The van der Waals surface area contributed by atoms with Crippen LogP contribution in [0.4, 0.5) is 0 Å². The SMILES string of the molecule is CCOC(=O)C1CCCN1C(=O)c1snnc1C(C)(C)C. The molecule has 0 spiro atoms. The molecular weight excluding hydrogens is 290 g/mol. The maximum absolute atomic E-state index is 12.7. The van der Waals surface area contributed by atoms with Gasteiger partial charge in [0.1, 0.15) is 10.9 Å². The molecule has 0 saturated carbocycles. The second-order valence-corrected chi connectivity index (χ2v) is 6.86. The normalized spacial score (nSPS) is 18.9. The van der Waals surface area contributed by atoms with E-state index in [2.05, 4.69) is 9.59 Å². The fraction of sp³-hybridized carbons (Fsp3) is 0.714. The number of amides is 1. The van der Waals surface area contributed by atoms with Crippen LogP contribution in [0.3, 0.4) is 0 Å². The Morgan fingerprint density at radius 3 is 2.76 bits per heavy atom. The van der Waals surface area contributed by atoms with Crippen molar-refractivity contribution in [2.45, 2.75) is 52.0 Å². The first-order valence-electron chi connectivity index (χ1n) is 7.16. The number of carbonyl (C=O) groups excluding carboxylic acids is 2. The molecule has 0 aromatic carbocycles. The highest BCUT2D eigenvalue weighted by atomic mass is 32.1. The van der Waals surface area contributed by atoms with Crippen molar-refractivity contribution in [3.8, 4) is 0 Å². The van der Waals surface area contributed by atoms with Crippen molar-refractivity contribution < 1.29 is 14.3 Å². The van der Waals surface area contributed by atoms with Crippen molar-refractivity contribution in [2.75, 3.05) is 13.2 Å². The van der Waals surface area contributed by atoms with Gasteiger partial charge in [0.15, 0.2) is 0 Å². The highest BCUT2D eigenvalue weighted by Crippen LogP contribution is 2.29. The highest BCUT2D eigenvalue weighted by molar-refractivity contribution is 7.08. The van der Waals surface area contributed by atoms with Gasteiger partial charge in [0, 0.05) is 12.0 Å². The van der Waals surface area contributed by atoms with E-state index in [1.807, 2.05) is 20.8 Å². The first kappa shape index (κ1) is 15.9. The van der Waals surface area contributed by atoms with Gasteiger partial charge in [-0.3, -0.25) is 4.79 Å². The number of hydrogen-bond acceptors (Lipinski definition) is 6. The van der Waals surface area contributed by atoms with E-state index in [-0.39, 0.29) is 17.3 Å². The Morgan fingerprint density at radius 1 is 1.43 bits per heavy atom. The standard InChI is InChI=1S/C14H21N3O3S/c1-5-20-13(19)9-7-6-8-17(9)12(18)10-11(14(2,3)4)15-16-21-10/h9H,5-8H2,1-4H3. The first-order chi connectivity index (χ1) is 9.86. The van der Waals surface area contributed by atoms with Crippen LogP contribution in [0, 0.1) is 0 Å². The third kappa shape index (κ3) is 3.23. The molecule has 1 saturated heterocycles. The van der Waals surface area contributed by atoms with Crippen molar-refractivity contribution in [3.63, 3.8) is 0 Å². The lowest BCUT2D eigenvalue weighted by Crippen LogP contribution is -2.41. The molecule has 6 nitrogen and oxygen atoms in total. The molecule has 116 valence electrons. The zero-order valence-electron chi connectivity index (χ0n) is 12.9. The number of ether oxygens (including phenoxy) is 1. The lowest BCUT2D eigenvalue weighted by molar-refractivity contribution is -0.147. The van der Waals surface area contributed by atoms with Gasteiger partial charge in [-0.25, -0.2) is 4.79 Å². The van der Waals surface area contributed by atoms with Gasteiger partial charge in [0.05, 0.1) is 12.3 Å². The molecule has 0 bridgehead atoms. The van der Waals surface area contributed by atoms with Crippen molar-refractivity contribution in [3.05, 3.63) is 10.6 Å². The van der Waals surface area contributed by atoms with Gasteiger partial charge in [-0.05, 0) is 31.3 Å². The Bertz CT molecular complexity index is 536. The maximum atomic E-state index is 12.7. The van der Waals surface area contributed by atoms with Crippen LogP contribution in [0.1, 0.15) is 55.9 Å². The molecule has 2 rings (SSSR count). The molecule has 1 amide bonds. The van der Waals surface area contributed by atoms with Gasteiger partial charge in [0.25, 0.3) is 5.91 Å². The summed E-state index contributed by atoms with van der Waals surface area (Å²) in [6.45, 7) is 8.65. The van der Waals surface area contributed by atoms with Crippen molar-refractivity contribution >= 4 is 23.4 Å². The minimum atomic E-state index is -0.479. The summed E-state index contributed by atoms with van der Waals surface area (Å²) in [5.41, 5.74) is 0.434. The molecule has 1 atom stereocenters. The van der Waals surface area contributed by atoms with Crippen LogP contribution in [0.15, 0.2) is 0 Å². The van der Waals surface area contributed by atoms with E-state index in [0.717, 1.165) is 18.0 Å². The van der Waals surface area contributed by atoms with Gasteiger partial charge in [-0.1, -0.05) is 25.3 Å². The summed E-state index contributed by atoms with van der Waals surface area (Å²) in [5, 5.41) is 4.09. The van der Waals surface area contributed by atoms with Gasteiger partial charge in [-0.2, -0.15) is 0 Å². The molecular formula is C14H21N3O3S. The molecule has 7 heteroatoms. The zero-order chi connectivity index (χ0) is 15.6. The van der Waals surface area contributed by atoms with Gasteiger partial charge in [0.2, 0.25) is 0 Å². The van der Waals surface area contributed by atoms with E-state index in [4.69, 9.17) is 4.74 Å². The topological polar surface area (TPSA) is 72.4 Å². The minimum Gasteiger partial charge on any atom is -0.464 e. The molecule has 2 heterocycles. The number of nitrogens with zero attached hydrogens (tertiary/aromatic N) is 3. The zero-order valence-corrected chi connectivity index (χ0v) is 13.7. The van der Waals surface area contributed by atoms with Crippen LogP contribution in [0.25, 0.3) is 0 Å². The fourth-order valence-electron chi connectivity index (χ4n) is 2.45. The Balaban J connectivity index is 2.24. The van der Waals surface area contributed by atoms with Crippen LogP contribution in [-0.4, -0.2) is 45.6 Å². The Morgan fingerprint density at radius 2 is 2.14 bits per heavy atom. The predicted molar refractivity (Wildman–Crippen MR) is 79.3 cm³/mol. The summed E-state index contributed by atoms with van der Waals surface area (Å²) < 4.78 is 8.98. The summed E-state index contributed by atoms with van der Waals surface area (Å²) in [6.07, 6.45) is 1.47. The number of rotatable bonds is 3. The molecule has 1 fully saturated rings. The molecule has 1 aromatic heterocycles.